The predicted molar refractivity (Wildman–Crippen MR) is 82.8 cm³/mol. The summed E-state index contributed by atoms with van der Waals surface area (Å²) in [6.07, 6.45) is 5.80. The molecule has 0 saturated carbocycles. The Labute approximate surface area is 118 Å². The monoisotopic (exact) mass is 263 g/mol. The average Bonchev–Trinajstić information content (AvgIpc) is 2.43. The van der Waals surface area contributed by atoms with Crippen molar-refractivity contribution in [2.75, 3.05) is 13.2 Å². The summed E-state index contributed by atoms with van der Waals surface area (Å²) < 4.78 is 5.76. The van der Waals surface area contributed by atoms with Gasteiger partial charge in [0.15, 0.2) is 0 Å². The largest absolute Gasteiger partial charge is 0.494 e. The zero-order valence-corrected chi connectivity index (χ0v) is 12.7. The maximum Gasteiger partial charge on any atom is 0.119 e. The molecule has 0 atom stereocenters. The van der Waals surface area contributed by atoms with Crippen LogP contribution in [-0.4, -0.2) is 13.2 Å². The number of hydrogen-bond acceptors (Lipinski definition) is 2. The lowest BCUT2D eigenvalue weighted by Crippen LogP contribution is -2.15. The standard InChI is InChI=1S/C17H29NO/c1-4-17(2,3)15-9-11-16(12-10-15)19-14-8-6-5-7-13-18/h9-12H,4-8,13-14,18H2,1-3H3. The van der Waals surface area contributed by atoms with Gasteiger partial charge >= 0.3 is 0 Å². The summed E-state index contributed by atoms with van der Waals surface area (Å²) in [6, 6.07) is 8.56. The van der Waals surface area contributed by atoms with Gasteiger partial charge in [-0.25, -0.2) is 0 Å². The summed E-state index contributed by atoms with van der Waals surface area (Å²) in [5.74, 6) is 0.981. The van der Waals surface area contributed by atoms with Gasteiger partial charge in [-0.3, -0.25) is 0 Å². The van der Waals surface area contributed by atoms with Crippen LogP contribution < -0.4 is 10.5 Å². The Morgan fingerprint density at radius 2 is 1.63 bits per heavy atom. The molecule has 19 heavy (non-hydrogen) atoms. The quantitative estimate of drug-likeness (QED) is 0.675. The molecule has 1 rings (SSSR count). The van der Waals surface area contributed by atoms with Gasteiger partial charge < -0.3 is 10.5 Å². The summed E-state index contributed by atoms with van der Waals surface area (Å²) >= 11 is 0. The fraction of sp³-hybridized carbons (Fsp3) is 0.647. The zero-order chi connectivity index (χ0) is 14.1. The third kappa shape index (κ3) is 5.65. The molecule has 0 aliphatic heterocycles. The molecule has 0 aliphatic rings. The van der Waals surface area contributed by atoms with Crippen molar-refractivity contribution in [3.63, 3.8) is 0 Å². The molecule has 0 aromatic heterocycles. The summed E-state index contributed by atoms with van der Waals surface area (Å²) in [4.78, 5) is 0. The number of unbranched alkanes of at least 4 members (excludes halogenated alkanes) is 3. The van der Waals surface area contributed by atoms with E-state index in [0.717, 1.165) is 38.2 Å². The van der Waals surface area contributed by atoms with Gasteiger partial charge in [-0.15, -0.1) is 0 Å². The van der Waals surface area contributed by atoms with Crippen molar-refractivity contribution in [3.8, 4) is 5.75 Å². The van der Waals surface area contributed by atoms with Crippen molar-refractivity contribution >= 4 is 0 Å². The second-order valence-electron chi connectivity index (χ2n) is 5.81. The molecular formula is C17H29NO. The van der Waals surface area contributed by atoms with Crippen LogP contribution in [0.2, 0.25) is 0 Å². The van der Waals surface area contributed by atoms with Gasteiger partial charge in [-0.05, 0) is 48.9 Å². The van der Waals surface area contributed by atoms with Crippen molar-refractivity contribution in [2.24, 2.45) is 5.73 Å². The first kappa shape index (κ1) is 16.0. The van der Waals surface area contributed by atoms with Gasteiger partial charge in [0.05, 0.1) is 6.61 Å². The second-order valence-corrected chi connectivity index (χ2v) is 5.81. The van der Waals surface area contributed by atoms with E-state index in [1.165, 1.54) is 18.4 Å². The Bertz CT molecular complexity index is 343. The minimum Gasteiger partial charge on any atom is -0.494 e. The Morgan fingerprint density at radius 1 is 1.00 bits per heavy atom. The number of ether oxygens (including phenoxy) is 1. The van der Waals surface area contributed by atoms with E-state index in [9.17, 15) is 0 Å². The fourth-order valence-corrected chi connectivity index (χ4v) is 2.00. The first-order valence-corrected chi connectivity index (χ1v) is 7.53. The Kier molecular flexibility index (Phi) is 6.93. The van der Waals surface area contributed by atoms with E-state index in [1.807, 2.05) is 0 Å². The van der Waals surface area contributed by atoms with Gasteiger partial charge in [0.1, 0.15) is 5.75 Å². The lowest BCUT2D eigenvalue weighted by atomic mass is 9.82. The smallest absolute Gasteiger partial charge is 0.119 e. The molecule has 0 bridgehead atoms. The summed E-state index contributed by atoms with van der Waals surface area (Å²) in [6.45, 7) is 8.39. The summed E-state index contributed by atoms with van der Waals surface area (Å²) in [5, 5.41) is 0. The van der Waals surface area contributed by atoms with Crippen molar-refractivity contribution < 1.29 is 4.74 Å². The van der Waals surface area contributed by atoms with Crippen molar-refractivity contribution in [3.05, 3.63) is 29.8 Å². The predicted octanol–water partition coefficient (Wildman–Crippen LogP) is 4.27. The molecule has 0 unspecified atom stereocenters. The molecule has 0 saturated heterocycles. The first-order valence-electron chi connectivity index (χ1n) is 7.53. The maximum atomic E-state index is 5.76. The zero-order valence-electron chi connectivity index (χ0n) is 12.7. The van der Waals surface area contributed by atoms with Crippen LogP contribution in [0.4, 0.5) is 0 Å². The van der Waals surface area contributed by atoms with E-state index >= 15 is 0 Å². The fourth-order valence-electron chi connectivity index (χ4n) is 2.00. The highest BCUT2D eigenvalue weighted by molar-refractivity contribution is 5.31. The Hall–Kier alpha value is -1.02. The summed E-state index contributed by atoms with van der Waals surface area (Å²) in [5.41, 5.74) is 7.09. The minimum absolute atomic E-state index is 0.251. The van der Waals surface area contributed by atoms with Gasteiger partial charge in [0.25, 0.3) is 0 Å². The normalized spacial score (nSPS) is 11.6. The molecule has 2 heteroatoms. The molecule has 1 aromatic rings. The molecule has 1 aromatic carbocycles. The molecule has 108 valence electrons. The number of nitrogens with two attached hydrogens (primary N) is 1. The van der Waals surface area contributed by atoms with E-state index in [0.29, 0.717) is 0 Å². The summed E-state index contributed by atoms with van der Waals surface area (Å²) in [7, 11) is 0. The topological polar surface area (TPSA) is 35.2 Å². The van der Waals surface area contributed by atoms with Crippen LogP contribution in [0.25, 0.3) is 0 Å². The van der Waals surface area contributed by atoms with Crippen LogP contribution >= 0.6 is 0 Å². The van der Waals surface area contributed by atoms with E-state index in [4.69, 9.17) is 10.5 Å². The van der Waals surface area contributed by atoms with Crippen LogP contribution in [0, 0.1) is 0 Å². The molecule has 0 radical (unpaired) electrons. The highest BCUT2D eigenvalue weighted by Crippen LogP contribution is 2.28. The van der Waals surface area contributed by atoms with Crippen LogP contribution in [0.3, 0.4) is 0 Å². The number of rotatable bonds is 9. The van der Waals surface area contributed by atoms with Crippen LogP contribution in [-0.2, 0) is 5.41 Å². The highest BCUT2D eigenvalue weighted by Gasteiger charge is 2.17. The van der Waals surface area contributed by atoms with Crippen molar-refractivity contribution in [2.45, 2.75) is 58.3 Å². The maximum absolute atomic E-state index is 5.76. The van der Waals surface area contributed by atoms with Crippen LogP contribution in [0.1, 0.15) is 58.4 Å². The highest BCUT2D eigenvalue weighted by atomic mass is 16.5. The van der Waals surface area contributed by atoms with E-state index < -0.39 is 0 Å². The SMILES string of the molecule is CCC(C)(C)c1ccc(OCCCCCCN)cc1. The molecule has 0 heterocycles. The Balaban J connectivity index is 2.32. The van der Waals surface area contributed by atoms with E-state index in [2.05, 4.69) is 45.0 Å². The molecule has 0 aliphatic carbocycles. The van der Waals surface area contributed by atoms with Gasteiger partial charge in [0, 0.05) is 0 Å². The molecule has 0 amide bonds. The third-order valence-corrected chi connectivity index (χ3v) is 3.89. The second kappa shape index (κ2) is 8.21. The first-order chi connectivity index (χ1) is 9.10. The molecule has 0 fully saturated rings. The van der Waals surface area contributed by atoms with Crippen LogP contribution in [0.15, 0.2) is 24.3 Å². The number of hydrogen-bond donors (Lipinski definition) is 1. The lowest BCUT2D eigenvalue weighted by molar-refractivity contribution is 0.304. The van der Waals surface area contributed by atoms with Crippen molar-refractivity contribution in [1.82, 2.24) is 0 Å². The van der Waals surface area contributed by atoms with Gasteiger partial charge in [-0.1, -0.05) is 45.7 Å². The van der Waals surface area contributed by atoms with Gasteiger partial charge in [-0.2, -0.15) is 0 Å². The number of benzene rings is 1. The van der Waals surface area contributed by atoms with Gasteiger partial charge in [0.2, 0.25) is 0 Å². The third-order valence-electron chi connectivity index (χ3n) is 3.89. The molecule has 2 nitrogen and oxygen atoms in total. The van der Waals surface area contributed by atoms with Crippen molar-refractivity contribution in [1.29, 1.82) is 0 Å². The molecular weight excluding hydrogens is 234 g/mol. The Morgan fingerprint density at radius 3 is 2.21 bits per heavy atom. The minimum atomic E-state index is 0.251. The van der Waals surface area contributed by atoms with E-state index in [-0.39, 0.29) is 5.41 Å². The van der Waals surface area contributed by atoms with Crippen LogP contribution in [0.5, 0.6) is 5.75 Å². The molecule has 0 spiro atoms. The molecule has 2 N–H and O–H groups in total. The lowest BCUT2D eigenvalue weighted by Gasteiger charge is -2.23. The van der Waals surface area contributed by atoms with E-state index in [1.54, 1.807) is 0 Å². The average molecular weight is 263 g/mol.